The highest BCUT2D eigenvalue weighted by molar-refractivity contribution is 5.96. The Balaban J connectivity index is 1.41. The second-order valence-corrected chi connectivity index (χ2v) is 8.61. The molecule has 1 heterocycles. The van der Waals surface area contributed by atoms with Gasteiger partial charge in [0.15, 0.2) is 0 Å². The van der Waals surface area contributed by atoms with E-state index in [2.05, 4.69) is 20.6 Å². The lowest BCUT2D eigenvalue weighted by Gasteiger charge is -2.30. The van der Waals surface area contributed by atoms with Gasteiger partial charge in [-0.3, -0.25) is 4.79 Å². The predicted octanol–water partition coefficient (Wildman–Crippen LogP) is 5.01. The zero-order valence-corrected chi connectivity index (χ0v) is 18.8. The fourth-order valence-electron chi connectivity index (χ4n) is 4.28. The number of amides is 1. The van der Waals surface area contributed by atoms with Crippen LogP contribution >= 0.6 is 0 Å². The van der Waals surface area contributed by atoms with Crippen LogP contribution in [-0.4, -0.2) is 42.1 Å². The number of carbonyl (C=O) groups is 1. The number of hydrogen-bond donors (Lipinski definition) is 2. The molecule has 0 saturated heterocycles. The van der Waals surface area contributed by atoms with Gasteiger partial charge in [0, 0.05) is 31.6 Å². The van der Waals surface area contributed by atoms with Gasteiger partial charge >= 0.3 is 6.18 Å². The van der Waals surface area contributed by atoms with Crippen molar-refractivity contribution in [3.05, 3.63) is 59.4 Å². The zero-order chi connectivity index (χ0) is 24.5. The van der Waals surface area contributed by atoms with E-state index in [-0.39, 0.29) is 12.1 Å². The second kappa shape index (κ2) is 9.44. The van der Waals surface area contributed by atoms with Crippen molar-refractivity contribution in [3.8, 4) is 0 Å². The van der Waals surface area contributed by atoms with Gasteiger partial charge in [-0.25, -0.2) is 9.37 Å². The third kappa shape index (κ3) is 5.05. The van der Waals surface area contributed by atoms with Gasteiger partial charge in [0.1, 0.15) is 11.6 Å². The molecular formula is C24H25F4N5O. The number of hydrogen-bond acceptors (Lipinski definition) is 5. The van der Waals surface area contributed by atoms with Crippen LogP contribution in [-0.2, 0) is 6.18 Å². The van der Waals surface area contributed by atoms with Gasteiger partial charge in [0.2, 0.25) is 5.95 Å². The number of benzene rings is 2. The Morgan fingerprint density at radius 2 is 1.65 bits per heavy atom. The van der Waals surface area contributed by atoms with Gasteiger partial charge in [-0.1, -0.05) is 18.2 Å². The number of nitrogens with one attached hydrogen (secondary N) is 2. The number of anilines is 2. The molecule has 0 atom stereocenters. The highest BCUT2D eigenvalue weighted by Gasteiger charge is 2.37. The third-order valence-corrected chi connectivity index (χ3v) is 5.95. The van der Waals surface area contributed by atoms with Crippen LogP contribution in [0, 0.1) is 5.82 Å². The summed E-state index contributed by atoms with van der Waals surface area (Å²) < 4.78 is 53.8. The molecule has 0 bridgehead atoms. The maximum Gasteiger partial charge on any atom is 0.417 e. The lowest BCUT2D eigenvalue weighted by molar-refractivity contribution is -0.138. The minimum absolute atomic E-state index is 0.0449. The lowest BCUT2D eigenvalue weighted by atomic mass is 9.91. The summed E-state index contributed by atoms with van der Waals surface area (Å²) in [7, 11) is 3.82. The summed E-state index contributed by atoms with van der Waals surface area (Å²) in [6, 6.07) is 9.93. The Kier molecular flexibility index (Phi) is 6.58. The second-order valence-electron chi connectivity index (χ2n) is 8.61. The highest BCUT2D eigenvalue weighted by atomic mass is 19.4. The number of para-hydroxylation sites is 1. The van der Waals surface area contributed by atoms with E-state index in [0.717, 1.165) is 28.9 Å². The summed E-state index contributed by atoms with van der Waals surface area (Å²) >= 11 is 0. The van der Waals surface area contributed by atoms with Crippen LogP contribution in [0.4, 0.5) is 29.3 Å². The van der Waals surface area contributed by atoms with Crippen LogP contribution in [0.5, 0.6) is 0 Å². The van der Waals surface area contributed by atoms with Crippen LogP contribution in [0.15, 0.2) is 42.5 Å². The molecule has 1 saturated carbocycles. The molecule has 1 aliphatic carbocycles. The van der Waals surface area contributed by atoms with E-state index in [4.69, 9.17) is 0 Å². The molecule has 0 unspecified atom stereocenters. The molecular weight excluding hydrogens is 450 g/mol. The van der Waals surface area contributed by atoms with Gasteiger partial charge < -0.3 is 15.5 Å². The molecule has 1 amide bonds. The molecule has 34 heavy (non-hydrogen) atoms. The van der Waals surface area contributed by atoms with Crippen molar-refractivity contribution in [3.63, 3.8) is 0 Å². The predicted molar refractivity (Wildman–Crippen MR) is 122 cm³/mol. The summed E-state index contributed by atoms with van der Waals surface area (Å²) in [5, 5.41) is 6.86. The van der Waals surface area contributed by atoms with E-state index in [0.29, 0.717) is 37.7 Å². The van der Waals surface area contributed by atoms with Crippen LogP contribution < -0.4 is 15.5 Å². The minimum atomic E-state index is -4.82. The standard InChI is InChI=1S/C24H25F4N5O/c1-33(2)21-16-6-3-4-9-19(16)31-23(32-21)30-15-12-10-14(11-13-15)29-22(34)20-17(24(26,27)28)7-5-8-18(20)25/h3-9,14-15H,10-13H2,1-2H3,(H,29,34)(H,30,31,32)/t14-,15+. The summed E-state index contributed by atoms with van der Waals surface area (Å²) in [4.78, 5) is 23.6. The molecule has 2 aromatic carbocycles. The average molecular weight is 475 g/mol. The third-order valence-electron chi connectivity index (χ3n) is 5.95. The Labute approximate surface area is 194 Å². The minimum Gasteiger partial charge on any atom is -0.362 e. The number of rotatable bonds is 5. The van der Waals surface area contributed by atoms with Gasteiger partial charge in [-0.05, 0) is 49.9 Å². The Hall–Kier alpha value is -3.43. The SMILES string of the molecule is CN(C)c1nc(N[C@H]2CC[C@@H](NC(=O)c3c(F)cccc3C(F)(F)F)CC2)nc2ccccc12. The number of nitrogens with zero attached hydrogens (tertiary/aromatic N) is 3. The van der Waals surface area contributed by atoms with E-state index < -0.39 is 29.0 Å². The quantitative estimate of drug-likeness (QED) is 0.508. The van der Waals surface area contributed by atoms with Crippen LogP contribution in [0.2, 0.25) is 0 Å². The maximum absolute atomic E-state index is 14.1. The Morgan fingerprint density at radius 1 is 0.971 bits per heavy atom. The van der Waals surface area contributed by atoms with Gasteiger partial charge in [0.05, 0.1) is 16.6 Å². The summed E-state index contributed by atoms with van der Waals surface area (Å²) in [6.45, 7) is 0. The van der Waals surface area contributed by atoms with E-state index in [1.54, 1.807) is 0 Å². The molecule has 6 nitrogen and oxygen atoms in total. The maximum atomic E-state index is 14.1. The first-order valence-electron chi connectivity index (χ1n) is 11.0. The van der Waals surface area contributed by atoms with Crippen LogP contribution in [0.25, 0.3) is 10.9 Å². The average Bonchev–Trinajstić information content (AvgIpc) is 2.79. The number of aromatic nitrogens is 2. The Morgan fingerprint density at radius 3 is 2.32 bits per heavy atom. The molecule has 180 valence electrons. The molecule has 4 rings (SSSR count). The van der Waals surface area contributed by atoms with Gasteiger partial charge in [-0.2, -0.15) is 18.2 Å². The van der Waals surface area contributed by atoms with Crippen molar-refractivity contribution in [2.75, 3.05) is 24.3 Å². The number of fused-ring (bicyclic) bond motifs is 1. The van der Waals surface area contributed by atoms with E-state index >= 15 is 0 Å². The number of carbonyl (C=O) groups excluding carboxylic acids is 1. The molecule has 0 aliphatic heterocycles. The van der Waals surface area contributed by atoms with E-state index in [9.17, 15) is 22.4 Å². The molecule has 10 heteroatoms. The highest BCUT2D eigenvalue weighted by Crippen LogP contribution is 2.33. The van der Waals surface area contributed by atoms with Crippen molar-refractivity contribution in [1.29, 1.82) is 0 Å². The first kappa shape index (κ1) is 23.7. The molecule has 1 aromatic heterocycles. The van der Waals surface area contributed by atoms with Crippen LogP contribution in [0.1, 0.15) is 41.6 Å². The summed E-state index contributed by atoms with van der Waals surface area (Å²) in [6.07, 6.45) is -2.44. The van der Waals surface area contributed by atoms with Gasteiger partial charge in [-0.15, -0.1) is 0 Å². The fourth-order valence-corrected chi connectivity index (χ4v) is 4.28. The lowest BCUT2D eigenvalue weighted by Crippen LogP contribution is -2.41. The smallest absolute Gasteiger partial charge is 0.362 e. The van der Waals surface area contributed by atoms with Crippen molar-refractivity contribution in [2.45, 2.75) is 43.9 Å². The topological polar surface area (TPSA) is 70.2 Å². The molecule has 2 N–H and O–H groups in total. The fraction of sp³-hybridized carbons (Fsp3) is 0.375. The molecule has 3 aromatic rings. The Bertz CT molecular complexity index is 1190. The van der Waals surface area contributed by atoms with Crippen molar-refractivity contribution in [1.82, 2.24) is 15.3 Å². The van der Waals surface area contributed by atoms with Crippen LogP contribution in [0.3, 0.4) is 0 Å². The summed E-state index contributed by atoms with van der Waals surface area (Å²) in [5.41, 5.74) is -1.42. The molecule has 1 aliphatic rings. The van der Waals surface area contributed by atoms with E-state index in [1.165, 1.54) is 0 Å². The van der Waals surface area contributed by atoms with Crippen molar-refractivity contribution >= 4 is 28.6 Å². The largest absolute Gasteiger partial charge is 0.417 e. The zero-order valence-electron chi connectivity index (χ0n) is 18.8. The van der Waals surface area contributed by atoms with Crippen molar-refractivity contribution in [2.24, 2.45) is 0 Å². The number of halogens is 4. The summed E-state index contributed by atoms with van der Waals surface area (Å²) in [5.74, 6) is -0.946. The monoisotopic (exact) mass is 475 g/mol. The first-order chi connectivity index (χ1) is 16.1. The molecule has 0 spiro atoms. The number of alkyl halides is 3. The van der Waals surface area contributed by atoms with Gasteiger partial charge in [0.25, 0.3) is 5.91 Å². The molecule has 1 fully saturated rings. The van der Waals surface area contributed by atoms with E-state index in [1.807, 2.05) is 43.3 Å². The molecule has 0 radical (unpaired) electrons. The first-order valence-corrected chi connectivity index (χ1v) is 11.0. The van der Waals surface area contributed by atoms with Crippen molar-refractivity contribution < 1.29 is 22.4 Å². The normalized spacial score (nSPS) is 18.5.